The number of amides is 2. The molecule has 0 radical (unpaired) electrons. The van der Waals surface area contributed by atoms with Crippen LogP contribution < -0.4 is 22.5 Å². The summed E-state index contributed by atoms with van der Waals surface area (Å²) in [6, 6.07) is 17.7. The van der Waals surface area contributed by atoms with E-state index in [0.29, 0.717) is 6.54 Å². The lowest BCUT2D eigenvalue weighted by Gasteiger charge is -2.23. The Kier molecular flexibility index (Phi) is 17.0. The summed E-state index contributed by atoms with van der Waals surface area (Å²) in [5.74, 6) is 0. The third kappa shape index (κ3) is 18.1. The lowest BCUT2D eigenvalue weighted by atomic mass is 10.1. The Bertz CT molecular complexity index is 1100. The Morgan fingerprint density at radius 1 is 0.775 bits per heavy atom. The normalized spacial score (nSPS) is 12.6. The van der Waals surface area contributed by atoms with Crippen LogP contribution in [0, 0.1) is 0 Å². The molecule has 2 amide bonds. The number of nitrogens with one attached hydrogen (secondary N) is 2. The molecule has 0 saturated heterocycles. The van der Waals surface area contributed by atoms with Crippen molar-refractivity contribution in [3.8, 4) is 0 Å². The number of ether oxygens (including phenoxy) is 2. The average molecular weight is 587 g/mol. The minimum absolute atomic E-state index is 0. The van der Waals surface area contributed by atoms with Crippen LogP contribution in [0.2, 0.25) is 0 Å². The number of benzene rings is 2. The second-order valence-corrected chi connectivity index (χ2v) is 12.1. The van der Waals surface area contributed by atoms with Gasteiger partial charge in [0.05, 0.1) is 24.9 Å². The Morgan fingerprint density at radius 2 is 1.12 bits per heavy atom. The topological polar surface area (TPSA) is 213 Å². The number of alkyl carbamates (subject to hydrolysis) is 2. The number of rotatable bonds is 8. The van der Waals surface area contributed by atoms with E-state index in [9.17, 15) is 18.0 Å². The molecule has 0 aliphatic rings. The fraction of sp³-hybridized carbons (Fsp3) is 0.481. The van der Waals surface area contributed by atoms with Gasteiger partial charge in [0.15, 0.2) is 0 Å². The van der Waals surface area contributed by atoms with Gasteiger partial charge in [-0.3, -0.25) is 4.18 Å². The second kappa shape index (κ2) is 17.5. The summed E-state index contributed by atoms with van der Waals surface area (Å²) in [5.41, 5.74) is 6.21. The first-order valence-corrected chi connectivity index (χ1v) is 13.9. The lowest BCUT2D eigenvalue weighted by Crippen LogP contribution is -2.37. The zero-order chi connectivity index (χ0) is 29.0. The number of nitrogens with two attached hydrogens (primary N) is 1. The number of carbonyl (C=O) groups excluding carboxylic acids is 2. The van der Waals surface area contributed by atoms with Crippen LogP contribution in [0.5, 0.6) is 0 Å². The third-order valence-corrected chi connectivity index (χ3v) is 5.03. The van der Waals surface area contributed by atoms with Crippen LogP contribution in [0.1, 0.15) is 64.8 Å². The van der Waals surface area contributed by atoms with Crippen LogP contribution in [-0.2, 0) is 23.8 Å². The van der Waals surface area contributed by atoms with Crippen LogP contribution in [0.4, 0.5) is 9.59 Å². The molecule has 9 N–H and O–H groups in total. The van der Waals surface area contributed by atoms with Crippen molar-refractivity contribution in [2.75, 3.05) is 19.4 Å². The number of carbonyl (C=O) groups is 2. The van der Waals surface area contributed by atoms with Crippen LogP contribution in [0.25, 0.3) is 0 Å². The van der Waals surface area contributed by atoms with Gasteiger partial charge < -0.3 is 37.5 Å². The molecule has 0 unspecified atom stereocenters. The molecule has 228 valence electrons. The molecule has 2 rings (SSSR count). The van der Waals surface area contributed by atoms with E-state index in [1.807, 2.05) is 57.2 Å². The molecular weight excluding hydrogens is 540 g/mol. The summed E-state index contributed by atoms with van der Waals surface area (Å²) < 4.78 is 37.4. The molecule has 2 aromatic rings. The minimum Gasteiger partial charge on any atom is -0.444 e. The van der Waals surface area contributed by atoms with Gasteiger partial charge in [-0.05, 0) is 52.7 Å². The fourth-order valence-electron chi connectivity index (χ4n) is 2.96. The quantitative estimate of drug-likeness (QED) is 0.331. The van der Waals surface area contributed by atoms with Crippen molar-refractivity contribution >= 4 is 22.3 Å². The maximum absolute atomic E-state index is 11.8. The van der Waals surface area contributed by atoms with Gasteiger partial charge in [-0.1, -0.05) is 60.7 Å². The first kappa shape index (κ1) is 38.9. The molecule has 40 heavy (non-hydrogen) atoms. The summed E-state index contributed by atoms with van der Waals surface area (Å²) in [7, 11) is -3.59. The largest absolute Gasteiger partial charge is 0.444 e. The minimum atomic E-state index is -3.59. The van der Waals surface area contributed by atoms with E-state index in [1.54, 1.807) is 45.0 Å². The third-order valence-electron chi connectivity index (χ3n) is 4.47. The van der Waals surface area contributed by atoms with Gasteiger partial charge in [0.2, 0.25) is 0 Å². The van der Waals surface area contributed by atoms with E-state index >= 15 is 0 Å². The summed E-state index contributed by atoms with van der Waals surface area (Å²) in [6.45, 7) is 10.9. The van der Waals surface area contributed by atoms with Crippen LogP contribution in [-0.4, -0.2) is 56.7 Å². The van der Waals surface area contributed by atoms with Gasteiger partial charge in [0.1, 0.15) is 11.2 Å². The molecule has 0 spiro atoms. The first-order valence-electron chi connectivity index (χ1n) is 12.1. The van der Waals surface area contributed by atoms with Crippen LogP contribution >= 0.6 is 0 Å². The van der Waals surface area contributed by atoms with Crippen molar-refractivity contribution in [2.24, 2.45) is 5.73 Å². The second-order valence-electron chi connectivity index (χ2n) is 10.4. The van der Waals surface area contributed by atoms with Crippen molar-refractivity contribution in [2.45, 2.75) is 64.8 Å². The maximum Gasteiger partial charge on any atom is 0.408 e. The molecule has 0 saturated carbocycles. The zero-order valence-corrected chi connectivity index (χ0v) is 25.2. The van der Waals surface area contributed by atoms with E-state index in [1.165, 1.54) is 0 Å². The number of hydrogen-bond acceptors (Lipinski definition) is 9. The van der Waals surface area contributed by atoms with Gasteiger partial charge in [-0.2, -0.15) is 8.42 Å². The summed E-state index contributed by atoms with van der Waals surface area (Å²) in [6.07, 6.45) is -0.118. The summed E-state index contributed by atoms with van der Waals surface area (Å²) in [5, 5.41) is 5.37. The molecular formula is C27H46N4O8S. The lowest BCUT2D eigenvalue weighted by molar-refractivity contribution is 0.0482. The highest BCUT2D eigenvalue weighted by atomic mass is 32.2. The molecule has 0 aromatic heterocycles. The van der Waals surface area contributed by atoms with Gasteiger partial charge >= 0.3 is 12.2 Å². The Labute approximate surface area is 238 Å². The van der Waals surface area contributed by atoms with E-state index in [2.05, 4.69) is 10.6 Å². The summed E-state index contributed by atoms with van der Waals surface area (Å²) in [4.78, 5) is 23.4. The van der Waals surface area contributed by atoms with Crippen LogP contribution in [0.3, 0.4) is 0 Å². The standard InChI is InChI=1S/C14H21NO5S.C13H20N2O2.H3N.H2O/c1-14(2,3)20-13(16)15-12(10-19-21(4,17)18)11-8-6-5-7-9-11;1-13(2,3)17-12(16)15-11(9-14)10-7-5-4-6-8-10;;/h5-9,12H,10H2,1-4H3,(H,15,16);4-8,11H,9,14H2,1-3H3,(H,15,16);1H3;1H2/t12-;11-;;/m00../s1. The van der Waals surface area contributed by atoms with E-state index in [4.69, 9.17) is 19.4 Å². The van der Waals surface area contributed by atoms with Gasteiger partial charge in [0.25, 0.3) is 10.1 Å². The molecule has 13 heteroatoms. The van der Waals surface area contributed by atoms with E-state index in [-0.39, 0.29) is 24.3 Å². The molecule has 2 atom stereocenters. The highest BCUT2D eigenvalue weighted by Gasteiger charge is 2.22. The van der Waals surface area contributed by atoms with Crippen molar-refractivity contribution < 1.29 is 37.1 Å². The number of hydrogen-bond donors (Lipinski definition) is 4. The van der Waals surface area contributed by atoms with E-state index in [0.717, 1.165) is 17.4 Å². The Morgan fingerprint density at radius 3 is 1.45 bits per heavy atom. The highest BCUT2D eigenvalue weighted by Crippen LogP contribution is 2.16. The predicted molar refractivity (Wildman–Crippen MR) is 156 cm³/mol. The zero-order valence-electron chi connectivity index (χ0n) is 24.4. The molecule has 0 fully saturated rings. The fourth-order valence-corrected chi connectivity index (χ4v) is 3.34. The SMILES string of the molecule is CC(C)(C)OC(=O)N[C@@H](CN)c1ccccc1.CC(C)(C)OC(=O)N[C@@H](COS(C)(=O)=O)c1ccccc1.N.O. The monoisotopic (exact) mass is 586 g/mol. The van der Waals surface area contributed by atoms with Crippen molar-refractivity contribution in [3.63, 3.8) is 0 Å². The van der Waals surface area contributed by atoms with Gasteiger partial charge in [-0.15, -0.1) is 0 Å². The van der Waals surface area contributed by atoms with Crippen molar-refractivity contribution in [1.82, 2.24) is 16.8 Å². The molecule has 0 bridgehead atoms. The molecule has 12 nitrogen and oxygen atoms in total. The Balaban J connectivity index is 0. The highest BCUT2D eigenvalue weighted by molar-refractivity contribution is 7.85. The smallest absolute Gasteiger partial charge is 0.408 e. The van der Waals surface area contributed by atoms with Crippen molar-refractivity contribution in [1.29, 1.82) is 0 Å². The maximum atomic E-state index is 11.8. The Hall–Kier alpha value is -3.23. The average Bonchev–Trinajstić information content (AvgIpc) is 2.79. The molecule has 0 aliphatic carbocycles. The molecule has 0 heterocycles. The predicted octanol–water partition coefficient (Wildman–Crippen LogP) is 3.78. The van der Waals surface area contributed by atoms with E-state index < -0.39 is 39.5 Å². The first-order chi connectivity index (χ1) is 17.5. The summed E-state index contributed by atoms with van der Waals surface area (Å²) >= 11 is 0. The molecule has 2 aromatic carbocycles. The molecule has 0 aliphatic heterocycles. The van der Waals surface area contributed by atoms with Crippen molar-refractivity contribution in [3.05, 3.63) is 71.8 Å². The van der Waals surface area contributed by atoms with Gasteiger partial charge in [0, 0.05) is 6.54 Å². The van der Waals surface area contributed by atoms with Gasteiger partial charge in [-0.25, -0.2) is 9.59 Å². The van der Waals surface area contributed by atoms with Crippen LogP contribution in [0.15, 0.2) is 60.7 Å².